The Hall–Kier alpha value is -0.150. The molecule has 0 aliphatic carbocycles. The van der Waals surface area contributed by atoms with Gasteiger partial charge in [0.25, 0.3) is 0 Å². The van der Waals surface area contributed by atoms with Gasteiger partial charge in [-0.2, -0.15) is 13.2 Å². The van der Waals surface area contributed by atoms with Crippen molar-refractivity contribution in [3.05, 3.63) is 17.7 Å². The van der Waals surface area contributed by atoms with Crippen molar-refractivity contribution in [1.82, 2.24) is 0 Å². The lowest BCUT2D eigenvalue weighted by atomic mass is 10.1. The smallest absolute Gasteiger partial charge is 0.420 e. The highest BCUT2D eigenvalue weighted by molar-refractivity contribution is 9.09. The van der Waals surface area contributed by atoms with Gasteiger partial charge in [0, 0.05) is 16.0 Å². The van der Waals surface area contributed by atoms with E-state index >= 15 is 0 Å². The molecule has 1 rings (SSSR count). The number of ether oxygens (including phenoxy) is 3. The Morgan fingerprint density at radius 2 is 1.27 bits per heavy atom. The van der Waals surface area contributed by atoms with Gasteiger partial charge in [0.2, 0.25) is 5.75 Å². The third-order valence-electron chi connectivity index (χ3n) is 2.36. The maximum Gasteiger partial charge on any atom is 0.420 e. The van der Waals surface area contributed by atoms with Crippen molar-refractivity contribution in [3.63, 3.8) is 0 Å². The van der Waals surface area contributed by atoms with Gasteiger partial charge in [-0.1, -0.05) is 47.8 Å². The Bertz CT molecular complexity index is 470. The molecule has 0 saturated carbocycles. The van der Waals surface area contributed by atoms with Crippen LogP contribution in [0.15, 0.2) is 12.1 Å². The first kappa shape index (κ1) is 19.9. The first-order valence-electron chi connectivity index (χ1n) is 6.26. The molecule has 3 nitrogen and oxygen atoms in total. The van der Waals surface area contributed by atoms with Gasteiger partial charge in [-0.25, -0.2) is 0 Å². The third kappa shape index (κ3) is 5.81. The van der Waals surface area contributed by atoms with Gasteiger partial charge in [0.05, 0.1) is 19.8 Å². The van der Waals surface area contributed by atoms with Gasteiger partial charge in [-0.3, -0.25) is 0 Å². The highest BCUT2D eigenvalue weighted by atomic mass is 79.9. The summed E-state index contributed by atoms with van der Waals surface area (Å²) in [5.41, 5.74) is -0.885. The van der Waals surface area contributed by atoms with Crippen LogP contribution >= 0.6 is 47.8 Å². The number of benzene rings is 1. The maximum absolute atomic E-state index is 13.2. The summed E-state index contributed by atoms with van der Waals surface area (Å²) in [5, 5.41) is 1.41. The standard InChI is InChI=1S/C13H14Br3F3O3/c14-3-6-20-10-2-1-9(13(17,18)19)11(21-7-4-15)12(10)22-8-5-16/h1-2H,3-8H2. The van der Waals surface area contributed by atoms with Gasteiger partial charge >= 0.3 is 6.18 Å². The zero-order chi connectivity index (χ0) is 16.6. The van der Waals surface area contributed by atoms with Crippen LogP contribution in [0.3, 0.4) is 0 Å². The van der Waals surface area contributed by atoms with Crippen LogP contribution in [0.5, 0.6) is 17.2 Å². The van der Waals surface area contributed by atoms with Gasteiger partial charge in [-0.15, -0.1) is 0 Å². The minimum Gasteiger partial charge on any atom is -0.489 e. The lowest BCUT2D eigenvalue weighted by Gasteiger charge is -2.20. The summed E-state index contributed by atoms with van der Waals surface area (Å²) < 4.78 is 55.6. The number of halogens is 6. The van der Waals surface area contributed by atoms with Gasteiger partial charge in [0.15, 0.2) is 11.5 Å². The average Bonchev–Trinajstić information content (AvgIpc) is 2.47. The summed E-state index contributed by atoms with van der Waals surface area (Å²) in [5.74, 6) is -0.158. The van der Waals surface area contributed by atoms with Crippen LogP contribution in [0.25, 0.3) is 0 Å². The summed E-state index contributed by atoms with van der Waals surface area (Å²) >= 11 is 9.50. The van der Waals surface area contributed by atoms with Crippen molar-refractivity contribution in [3.8, 4) is 17.2 Å². The van der Waals surface area contributed by atoms with Crippen molar-refractivity contribution < 1.29 is 27.4 Å². The lowest BCUT2D eigenvalue weighted by molar-refractivity contribution is -0.139. The van der Waals surface area contributed by atoms with E-state index in [0.29, 0.717) is 22.6 Å². The van der Waals surface area contributed by atoms with Crippen molar-refractivity contribution >= 4 is 47.8 Å². The maximum atomic E-state index is 13.2. The Labute approximate surface area is 151 Å². The molecule has 0 atom stereocenters. The minimum absolute atomic E-state index is 0.0313. The van der Waals surface area contributed by atoms with E-state index in [1.165, 1.54) is 6.07 Å². The zero-order valence-electron chi connectivity index (χ0n) is 11.4. The molecule has 0 saturated heterocycles. The molecule has 0 aromatic heterocycles. The predicted molar refractivity (Wildman–Crippen MR) is 89.3 cm³/mol. The summed E-state index contributed by atoms with van der Waals surface area (Å²) in [4.78, 5) is 0. The zero-order valence-corrected chi connectivity index (χ0v) is 16.1. The van der Waals surface area contributed by atoms with E-state index in [9.17, 15) is 13.2 Å². The van der Waals surface area contributed by atoms with Crippen LogP contribution in [0, 0.1) is 0 Å². The molecule has 0 unspecified atom stereocenters. The molecule has 0 radical (unpaired) electrons. The second-order valence-corrected chi connectivity index (χ2v) is 6.26. The molecule has 9 heteroatoms. The summed E-state index contributed by atoms with van der Waals surface area (Å²) in [6.45, 7) is 0.570. The monoisotopic (exact) mass is 512 g/mol. The average molecular weight is 515 g/mol. The number of hydrogen-bond acceptors (Lipinski definition) is 3. The van der Waals surface area contributed by atoms with Crippen molar-refractivity contribution in [1.29, 1.82) is 0 Å². The molecule has 0 bridgehead atoms. The second kappa shape index (κ2) is 9.87. The minimum atomic E-state index is -4.54. The van der Waals surface area contributed by atoms with Gasteiger partial charge < -0.3 is 14.2 Å². The van der Waals surface area contributed by atoms with Crippen molar-refractivity contribution in [2.45, 2.75) is 6.18 Å². The van der Waals surface area contributed by atoms with Crippen LogP contribution < -0.4 is 14.2 Å². The lowest BCUT2D eigenvalue weighted by Crippen LogP contribution is -2.13. The third-order valence-corrected chi connectivity index (χ3v) is 3.33. The molecule has 0 heterocycles. The van der Waals surface area contributed by atoms with E-state index in [1.807, 2.05) is 0 Å². The topological polar surface area (TPSA) is 27.7 Å². The summed E-state index contributed by atoms with van der Waals surface area (Å²) in [6, 6.07) is 2.18. The van der Waals surface area contributed by atoms with Crippen LogP contribution in [-0.4, -0.2) is 35.8 Å². The SMILES string of the molecule is FC(F)(F)c1ccc(OCCBr)c(OCCBr)c1OCCBr. The Kier molecular flexibility index (Phi) is 8.93. The molecule has 0 fully saturated rings. The Morgan fingerprint density at radius 1 is 0.773 bits per heavy atom. The van der Waals surface area contributed by atoms with Crippen LogP contribution in [0.4, 0.5) is 13.2 Å². The summed E-state index contributed by atoms with van der Waals surface area (Å²) in [7, 11) is 0. The highest BCUT2D eigenvalue weighted by Crippen LogP contribution is 2.46. The molecule has 0 N–H and O–H groups in total. The normalized spacial score (nSPS) is 11.4. The van der Waals surface area contributed by atoms with E-state index in [-0.39, 0.29) is 30.5 Å². The highest BCUT2D eigenvalue weighted by Gasteiger charge is 2.37. The number of rotatable bonds is 9. The molecular weight excluding hydrogens is 501 g/mol. The molecule has 0 aliphatic rings. The fourth-order valence-corrected chi connectivity index (χ4v) is 2.08. The predicted octanol–water partition coefficient (Wildman–Crippen LogP) is 5.03. The molecule has 0 spiro atoms. The second-order valence-electron chi connectivity index (χ2n) is 3.88. The van der Waals surface area contributed by atoms with E-state index in [1.54, 1.807) is 0 Å². The van der Waals surface area contributed by atoms with Gasteiger partial charge in [-0.05, 0) is 12.1 Å². The first-order chi connectivity index (χ1) is 10.5. The quantitative estimate of drug-likeness (QED) is 0.433. The van der Waals surface area contributed by atoms with E-state index < -0.39 is 11.7 Å². The van der Waals surface area contributed by atoms with E-state index in [4.69, 9.17) is 14.2 Å². The Morgan fingerprint density at radius 3 is 1.77 bits per heavy atom. The molecule has 1 aromatic rings. The fraction of sp³-hybridized carbons (Fsp3) is 0.538. The number of alkyl halides is 6. The van der Waals surface area contributed by atoms with Crippen molar-refractivity contribution in [2.24, 2.45) is 0 Å². The molecule has 1 aromatic carbocycles. The van der Waals surface area contributed by atoms with E-state index in [2.05, 4.69) is 47.8 Å². The van der Waals surface area contributed by atoms with Crippen molar-refractivity contribution in [2.75, 3.05) is 35.8 Å². The molecule has 22 heavy (non-hydrogen) atoms. The first-order valence-corrected chi connectivity index (χ1v) is 9.62. The van der Waals surface area contributed by atoms with E-state index in [0.717, 1.165) is 6.07 Å². The largest absolute Gasteiger partial charge is 0.489 e. The molecular formula is C13H14Br3F3O3. The Balaban J connectivity index is 3.30. The number of hydrogen-bond donors (Lipinski definition) is 0. The molecule has 126 valence electrons. The van der Waals surface area contributed by atoms with Gasteiger partial charge in [0.1, 0.15) is 5.56 Å². The molecule has 0 amide bonds. The van der Waals surface area contributed by atoms with Crippen LogP contribution in [0.2, 0.25) is 0 Å². The molecule has 0 aliphatic heterocycles. The fourth-order valence-electron chi connectivity index (χ4n) is 1.59. The summed E-state index contributed by atoms with van der Waals surface area (Å²) in [6.07, 6.45) is -4.54. The van der Waals surface area contributed by atoms with Crippen LogP contribution in [-0.2, 0) is 6.18 Å². The van der Waals surface area contributed by atoms with Crippen LogP contribution in [0.1, 0.15) is 5.56 Å².